The number of hydrogen-bond donors (Lipinski definition) is 0. The summed E-state index contributed by atoms with van der Waals surface area (Å²) in [7, 11) is 49.3. The molecule has 12 radical (unpaired) electrons. The zero-order valence-corrected chi connectivity index (χ0v) is 53.9. The van der Waals surface area contributed by atoms with Gasteiger partial charge in [-0.2, -0.15) is 0 Å². The number of rotatable bonds is 34. The third kappa shape index (κ3) is 23.2. The van der Waals surface area contributed by atoms with Crippen LogP contribution < -0.4 is 9.79 Å². The van der Waals surface area contributed by atoms with E-state index in [1.165, 1.54) is 56.9 Å². The van der Waals surface area contributed by atoms with Crippen LogP contribution in [0.5, 0.6) is 0 Å². The molecule has 0 N–H and O–H groups in total. The predicted octanol–water partition coefficient (Wildman–Crippen LogP) is -2.90. The topological polar surface area (TPSA) is 285 Å². The Morgan fingerprint density at radius 2 is 0.682 bits per heavy atom. The second-order valence-corrected chi connectivity index (χ2v) is 27.3. The molecular weight excluding hydrogens is 1250 g/mol. The second-order valence-electron chi connectivity index (χ2n) is 19.2. The average molecular weight is 1330 g/mol. The fourth-order valence-electron chi connectivity index (χ4n) is 9.53. The first-order valence-corrected chi connectivity index (χ1v) is 33.9. The Kier molecular flexibility index (Phi) is 35.5. The number of ether oxygens (including phenoxy) is 18. The predicted molar refractivity (Wildman–Crippen MR) is 305 cm³/mol. The highest BCUT2D eigenvalue weighted by Gasteiger charge is 2.50. The molecule has 9 unspecified atom stereocenters. The summed E-state index contributed by atoms with van der Waals surface area (Å²) in [5.74, 6) is 0. The van der Waals surface area contributed by atoms with Crippen molar-refractivity contribution in [2.24, 2.45) is 0 Å². The summed E-state index contributed by atoms with van der Waals surface area (Å²) < 4.78 is 168. The highest BCUT2D eigenvalue weighted by molar-refractivity contribution is 8.32. The van der Waals surface area contributed by atoms with E-state index in [0.717, 1.165) is 0 Å². The van der Waals surface area contributed by atoms with Crippen LogP contribution in [0.4, 0.5) is 8.78 Å². The Morgan fingerprint density at radius 1 is 0.388 bits per heavy atom. The van der Waals surface area contributed by atoms with Gasteiger partial charge in [-0.3, -0.25) is 4.57 Å². The van der Waals surface area contributed by atoms with Gasteiger partial charge in [0.15, 0.2) is 6.80 Å². The molecule has 0 aromatic heterocycles. The van der Waals surface area contributed by atoms with Gasteiger partial charge < -0.3 is 134 Å². The fourth-order valence-corrected chi connectivity index (χ4v) is 13.8. The van der Waals surface area contributed by atoms with Gasteiger partial charge in [-0.05, 0) is 0 Å². The molecule has 0 bridgehead atoms. The lowest BCUT2D eigenvalue weighted by Crippen LogP contribution is -2.41. The van der Waals surface area contributed by atoms with Crippen LogP contribution in [0.15, 0.2) is 0 Å². The summed E-state index contributed by atoms with van der Waals surface area (Å²) in [5, 5.41) is 0. The second kappa shape index (κ2) is 38.5. The van der Waals surface area contributed by atoms with Gasteiger partial charge in [0.2, 0.25) is 0 Å². The Labute approximate surface area is 519 Å². The van der Waals surface area contributed by atoms with Gasteiger partial charge in [-0.1, -0.05) is 23.6 Å². The van der Waals surface area contributed by atoms with E-state index in [0.29, 0.717) is 19.8 Å². The Balaban J connectivity index is 0.000000276. The lowest BCUT2D eigenvalue weighted by molar-refractivity contribution is -0.219. The maximum Gasteiger partial charge on any atom is 0.200 e. The SMILES string of the molecule is [B][C@@H]1O[C@H](COP(=O)([S-])O[C@@H]2C(OC)[C@H]([B])O[C@@H]2COC)[C@H](OC)C1OC.[B][C@@H]1O[C@H](COP([O-])(=S)O[C@@H]2C(F)[C@H]([B])O[C@@H]2COC)[C@H](OC)C1F.[B][C@@H]1O[C@H](COP([O-])(=S)O[C@@H]2C(OCCOC)[C@H]([B])O[C@@H]2COC)[C@H](OC)C1OCCOC. The first kappa shape index (κ1) is 78.5. The lowest BCUT2D eigenvalue weighted by Gasteiger charge is -2.35. The lowest BCUT2D eigenvalue weighted by atomic mass is 9.93. The van der Waals surface area contributed by atoms with Crippen molar-refractivity contribution >= 4 is 103 Å². The van der Waals surface area contributed by atoms with E-state index in [1.807, 2.05) is 0 Å². The van der Waals surface area contributed by atoms with Gasteiger partial charge in [0.05, 0.1) is 78.1 Å². The van der Waals surface area contributed by atoms with Crippen molar-refractivity contribution in [3.8, 4) is 0 Å². The zero-order chi connectivity index (χ0) is 63.4. The van der Waals surface area contributed by atoms with Gasteiger partial charge in [-0.25, -0.2) is 8.78 Å². The molecule has 27 atom stereocenters. The maximum absolute atomic E-state index is 14.1. The molecule has 6 fully saturated rings. The van der Waals surface area contributed by atoms with Crippen molar-refractivity contribution in [1.82, 2.24) is 0 Å². The van der Waals surface area contributed by atoms with E-state index in [-0.39, 0.29) is 39.6 Å². The summed E-state index contributed by atoms with van der Waals surface area (Å²) in [6.07, 6.45) is -15.3. The van der Waals surface area contributed by atoms with E-state index in [2.05, 4.69) is 0 Å². The molecule has 27 nitrogen and oxygen atoms in total. The number of hydrogen-bond acceptors (Lipinski definition) is 30. The van der Waals surface area contributed by atoms with E-state index >= 15 is 0 Å². The number of alkyl halides is 2. The summed E-state index contributed by atoms with van der Waals surface area (Å²) in [6.45, 7) is -11.3. The Morgan fingerprint density at radius 3 is 1.08 bits per heavy atom. The van der Waals surface area contributed by atoms with Gasteiger partial charge >= 0.3 is 0 Å². The van der Waals surface area contributed by atoms with E-state index < -0.39 is 173 Å². The molecular formula is C44H74B6F2O27P3S3-3. The number of methoxy groups -OCH3 is 10. The van der Waals surface area contributed by atoms with E-state index in [4.69, 9.17) is 195 Å². The van der Waals surface area contributed by atoms with Gasteiger partial charge in [0.1, 0.15) is 171 Å². The molecule has 0 amide bonds. The standard InChI is InChI=1S/C18H33B2O11PS.C14H25B2O9PS.C12H19B2F2O7PS/c1-22-5-7-26-15-13(25-4)12(30-17(15)19)10-28-32(21,33)31-14-11(9-24-3)29-18(20)16(14)27-8-6-23-2;1-18-5-7-10(12(21-4)14(16)23-7)25-26(17,27)22-6-8-9(19-2)11(20-3)13(15)24-8;1-18-3-5-10(8(16)12(14)21-5)23-24(17,25)20-4-6-9(19-2)7(15)11(13)22-6/h11-18H,5-10H2,1-4H3,(H,21,33);7-14H,5-6H2,1-4H3,(H,17,27);5-12H,3-4H2,1-2H3,(H,17,25)/p-3/t11-,12-,13+,14+,15?,16?,17-,18-,32?;7-,8-,9+,10+,11?,12?,13-,14-,26?;5-,6-,7?,8?,9+,10+,11-,12-,24?/m111/s1. The van der Waals surface area contributed by atoms with Crippen molar-refractivity contribution in [2.75, 3.05) is 137 Å². The summed E-state index contributed by atoms with van der Waals surface area (Å²) in [6, 6.07) is -5.54. The van der Waals surface area contributed by atoms with Crippen molar-refractivity contribution in [3.63, 3.8) is 0 Å². The van der Waals surface area contributed by atoms with Crippen LogP contribution in [0.1, 0.15) is 0 Å². The molecule has 0 saturated carbocycles. The van der Waals surface area contributed by atoms with Crippen LogP contribution in [0.2, 0.25) is 0 Å². The smallest absolute Gasteiger partial charge is 0.200 e. The third-order valence-electron chi connectivity index (χ3n) is 13.5. The largest absolute Gasteiger partial charge is 0.780 e. The summed E-state index contributed by atoms with van der Waals surface area (Å²) in [4.78, 5) is 25.3. The molecule has 6 aliphatic heterocycles. The Hall–Kier alpha value is 1.09. The normalized spacial score (nSPS) is 40.3. The first-order chi connectivity index (χ1) is 40.2. The van der Waals surface area contributed by atoms with Crippen LogP contribution in [-0.4, -0.2) is 330 Å². The van der Waals surface area contributed by atoms with Gasteiger partial charge in [0.25, 0.3) is 0 Å². The third-order valence-corrected chi connectivity index (χ3v) is 18.2. The molecule has 0 aromatic rings. The maximum atomic E-state index is 14.1. The van der Waals surface area contributed by atoms with Crippen molar-refractivity contribution in [1.29, 1.82) is 0 Å². The van der Waals surface area contributed by atoms with Crippen molar-refractivity contribution < 1.29 is 136 Å². The average Bonchev–Trinajstić information content (AvgIpc) is 4.08. The van der Waals surface area contributed by atoms with Gasteiger partial charge in [-0.15, -0.1) is 0 Å². The monoisotopic (exact) mass is 1330 g/mol. The molecule has 480 valence electrons. The molecule has 41 heteroatoms. The van der Waals surface area contributed by atoms with Crippen LogP contribution in [0.3, 0.4) is 0 Å². The molecule has 0 aromatic carbocycles. The van der Waals surface area contributed by atoms with Crippen LogP contribution >= 0.6 is 20.2 Å². The highest BCUT2D eigenvalue weighted by Crippen LogP contribution is 2.51. The molecule has 6 aliphatic rings. The molecule has 6 rings (SSSR count). The van der Waals surface area contributed by atoms with Crippen molar-refractivity contribution in [3.05, 3.63) is 0 Å². The first-order valence-electron chi connectivity index (χ1n) is 26.2. The van der Waals surface area contributed by atoms with E-state index in [1.54, 1.807) is 14.2 Å². The fraction of sp³-hybridized carbons (Fsp3) is 1.00. The van der Waals surface area contributed by atoms with Crippen LogP contribution in [-0.2, 0) is 153 Å². The van der Waals surface area contributed by atoms with Crippen molar-refractivity contribution in [2.45, 2.75) is 146 Å². The number of halogens is 2. The minimum absolute atomic E-state index is 0.0377. The quantitative estimate of drug-likeness (QED) is 0.0270. The van der Waals surface area contributed by atoms with Crippen LogP contribution in [0.25, 0.3) is 0 Å². The summed E-state index contributed by atoms with van der Waals surface area (Å²) >= 11 is 14.9. The molecule has 0 spiro atoms. The molecule has 6 heterocycles. The molecule has 6 saturated heterocycles. The minimum Gasteiger partial charge on any atom is -0.780 e. The highest BCUT2D eigenvalue weighted by atomic mass is 32.7. The minimum atomic E-state index is -4.14. The zero-order valence-electron chi connectivity index (χ0n) is 48.7. The molecule has 85 heavy (non-hydrogen) atoms. The van der Waals surface area contributed by atoms with E-state index in [9.17, 15) is 23.1 Å². The summed E-state index contributed by atoms with van der Waals surface area (Å²) in [5.41, 5.74) is 0. The van der Waals surface area contributed by atoms with Crippen LogP contribution in [0, 0.1) is 0 Å². The van der Waals surface area contributed by atoms with Gasteiger partial charge in [0, 0.05) is 95.1 Å². The molecule has 0 aliphatic carbocycles. The Bertz CT molecular complexity index is 2060.